The molecule has 1 aromatic carbocycles. The molecular formula is C16H14N6O3S. The lowest BCUT2D eigenvalue weighted by molar-refractivity contribution is 0.390. The van der Waals surface area contributed by atoms with Crippen molar-refractivity contribution in [3.05, 3.63) is 48.6 Å². The van der Waals surface area contributed by atoms with Gasteiger partial charge in [-0.25, -0.2) is 4.68 Å². The third kappa shape index (κ3) is 3.14. The number of methoxy groups -OCH3 is 1. The first-order valence-electron chi connectivity index (χ1n) is 7.59. The van der Waals surface area contributed by atoms with Gasteiger partial charge in [-0.1, -0.05) is 16.9 Å². The molecule has 4 aromatic rings. The molecule has 0 radical (unpaired) electrons. The zero-order chi connectivity index (χ0) is 17.9. The van der Waals surface area contributed by atoms with Crippen molar-refractivity contribution >= 4 is 11.8 Å². The van der Waals surface area contributed by atoms with Gasteiger partial charge < -0.3 is 19.5 Å². The molecule has 10 heteroatoms. The number of ether oxygens (including phenoxy) is 1. The molecule has 0 atom stereocenters. The summed E-state index contributed by atoms with van der Waals surface area (Å²) in [5.74, 6) is 9.22. The molecule has 3 heterocycles. The summed E-state index contributed by atoms with van der Waals surface area (Å²) < 4.78 is 17.0. The van der Waals surface area contributed by atoms with E-state index in [1.807, 2.05) is 24.3 Å². The molecular weight excluding hydrogens is 356 g/mol. The van der Waals surface area contributed by atoms with E-state index in [0.717, 1.165) is 11.3 Å². The summed E-state index contributed by atoms with van der Waals surface area (Å²) in [7, 11) is 1.62. The summed E-state index contributed by atoms with van der Waals surface area (Å²) in [6.45, 7) is 0. The fraction of sp³-hybridized carbons (Fsp3) is 0.125. The first-order chi connectivity index (χ1) is 12.7. The molecule has 26 heavy (non-hydrogen) atoms. The van der Waals surface area contributed by atoms with E-state index >= 15 is 0 Å². The highest BCUT2D eigenvalue weighted by atomic mass is 32.2. The van der Waals surface area contributed by atoms with Crippen molar-refractivity contribution in [1.82, 2.24) is 25.0 Å². The summed E-state index contributed by atoms with van der Waals surface area (Å²) in [5.41, 5.74) is 0.838. The average molecular weight is 370 g/mol. The Kier molecular flexibility index (Phi) is 4.32. The summed E-state index contributed by atoms with van der Waals surface area (Å²) in [6, 6.07) is 10.9. The SMILES string of the molecule is COc1ccc(-c2nnc(SCc3nc(-c4ccco4)no3)n2N)cc1. The van der Waals surface area contributed by atoms with Crippen LogP contribution in [0.25, 0.3) is 23.0 Å². The molecule has 0 unspecified atom stereocenters. The second-order valence-electron chi connectivity index (χ2n) is 5.18. The van der Waals surface area contributed by atoms with Crippen LogP contribution >= 0.6 is 11.8 Å². The lowest BCUT2D eigenvalue weighted by Crippen LogP contribution is -2.11. The summed E-state index contributed by atoms with van der Waals surface area (Å²) in [6.07, 6.45) is 1.55. The van der Waals surface area contributed by atoms with Crippen molar-refractivity contribution in [2.24, 2.45) is 0 Å². The van der Waals surface area contributed by atoms with Gasteiger partial charge in [-0.15, -0.1) is 10.2 Å². The number of aromatic nitrogens is 5. The molecule has 0 aliphatic carbocycles. The highest BCUT2D eigenvalue weighted by Gasteiger charge is 2.15. The third-order valence-electron chi connectivity index (χ3n) is 3.55. The Labute approximate surface area is 152 Å². The number of nitrogens with zero attached hydrogens (tertiary/aromatic N) is 5. The predicted octanol–water partition coefficient (Wildman–Crippen LogP) is 2.60. The van der Waals surface area contributed by atoms with E-state index in [0.29, 0.717) is 34.2 Å². The molecule has 2 N–H and O–H groups in total. The number of benzene rings is 1. The van der Waals surface area contributed by atoms with Crippen LogP contribution in [0.3, 0.4) is 0 Å². The zero-order valence-corrected chi connectivity index (χ0v) is 14.5. The minimum absolute atomic E-state index is 0.402. The number of nitrogens with two attached hydrogens (primary N) is 1. The Balaban J connectivity index is 1.46. The Hall–Kier alpha value is -3.27. The normalized spacial score (nSPS) is 11.0. The van der Waals surface area contributed by atoms with Crippen LogP contribution in [0.4, 0.5) is 0 Å². The number of hydrogen-bond donors (Lipinski definition) is 1. The van der Waals surface area contributed by atoms with Crippen molar-refractivity contribution in [3.63, 3.8) is 0 Å². The molecule has 0 amide bonds. The molecule has 0 bridgehead atoms. The minimum Gasteiger partial charge on any atom is -0.497 e. The molecule has 0 aliphatic heterocycles. The maximum atomic E-state index is 6.11. The van der Waals surface area contributed by atoms with Crippen LogP contribution < -0.4 is 10.6 Å². The van der Waals surface area contributed by atoms with Gasteiger partial charge in [0.05, 0.1) is 19.1 Å². The molecule has 0 spiro atoms. The van der Waals surface area contributed by atoms with Crippen molar-refractivity contribution in [3.8, 4) is 28.7 Å². The molecule has 132 valence electrons. The molecule has 9 nitrogen and oxygen atoms in total. The summed E-state index contributed by atoms with van der Waals surface area (Å²) in [5, 5.41) is 12.7. The lowest BCUT2D eigenvalue weighted by Gasteiger charge is -2.04. The Morgan fingerprint density at radius 3 is 2.77 bits per heavy atom. The average Bonchev–Trinajstić information content (AvgIpc) is 3.41. The number of rotatable bonds is 6. The van der Waals surface area contributed by atoms with E-state index in [-0.39, 0.29) is 0 Å². The number of thioether (sulfide) groups is 1. The Morgan fingerprint density at radius 1 is 1.19 bits per heavy atom. The Bertz CT molecular complexity index is 994. The van der Waals surface area contributed by atoms with Crippen LogP contribution in [0, 0.1) is 0 Å². The van der Waals surface area contributed by atoms with Crippen molar-refractivity contribution in [2.75, 3.05) is 13.0 Å². The molecule has 0 saturated carbocycles. The van der Waals surface area contributed by atoms with Crippen LogP contribution in [0.15, 0.2) is 56.8 Å². The summed E-state index contributed by atoms with van der Waals surface area (Å²) >= 11 is 1.35. The Morgan fingerprint density at radius 2 is 2.04 bits per heavy atom. The number of hydrogen-bond acceptors (Lipinski definition) is 9. The highest BCUT2D eigenvalue weighted by Crippen LogP contribution is 2.26. The van der Waals surface area contributed by atoms with E-state index in [1.165, 1.54) is 16.4 Å². The van der Waals surface area contributed by atoms with Gasteiger partial charge in [0.15, 0.2) is 11.6 Å². The quantitative estimate of drug-likeness (QED) is 0.403. The van der Waals surface area contributed by atoms with Crippen LogP contribution in [-0.2, 0) is 5.75 Å². The van der Waals surface area contributed by atoms with Gasteiger partial charge in [-0.3, -0.25) is 0 Å². The van der Waals surface area contributed by atoms with Crippen LogP contribution in [-0.4, -0.2) is 32.1 Å². The van der Waals surface area contributed by atoms with Crippen LogP contribution in [0.2, 0.25) is 0 Å². The van der Waals surface area contributed by atoms with Crippen molar-refractivity contribution in [2.45, 2.75) is 10.9 Å². The van der Waals surface area contributed by atoms with E-state index in [1.54, 1.807) is 25.5 Å². The van der Waals surface area contributed by atoms with Gasteiger partial charge in [0.2, 0.25) is 16.9 Å². The molecule has 3 aromatic heterocycles. The highest BCUT2D eigenvalue weighted by molar-refractivity contribution is 7.98. The smallest absolute Gasteiger partial charge is 0.238 e. The topological polar surface area (TPSA) is 118 Å². The number of furan rings is 1. The maximum absolute atomic E-state index is 6.11. The van der Waals surface area contributed by atoms with Gasteiger partial charge >= 0.3 is 0 Å². The number of nitrogen functional groups attached to an aromatic ring is 1. The van der Waals surface area contributed by atoms with Gasteiger partial charge in [-0.05, 0) is 36.4 Å². The second-order valence-corrected chi connectivity index (χ2v) is 6.12. The fourth-order valence-electron chi connectivity index (χ4n) is 2.26. The third-order valence-corrected chi connectivity index (χ3v) is 4.47. The van der Waals surface area contributed by atoms with E-state index in [4.69, 9.17) is 19.5 Å². The largest absolute Gasteiger partial charge is 0.497 e. The monoisotopic (exact) mass is 370 g/mol. The second kappa shape index (κ2) is 6.92. The predicted molar refractivity (Wildman–Crippen MR) is 93.7 cm³/mol. The molecule has 0 fully saturated rings. The standard InChI is InChI=1S/C16H14N6O3S/c1-23-11-6-4-10(5-7-11)15-19-20-16(22(15)17)26-9-13-18-14(21-25-13)12-3-2-8-24-12/h2-8H,9,17H2,1H3. The van der Waals surface area contributed by atoms with Gasteiger partial charge in [0, 0.05) is 5.56 Å². The molecule has 0 saturated heterocycles. The molecule has 0 aliphatic rings. The van der Waals surface area contributed by atoms with Crippen LogP contribution in [0.5, 0.6) is 5.75 Å². The maximum Gasteiger partial charge on any atom is 0.238 e. The van der Waals surface area contributed by atoms with Crippen molar-refractivity contribution < 1.29 is 13.7 Å². The van der Waals surface area contributed by atoms with E-state index < -0.39 is 0 Å². The molecule has 4 rings (SSSR count). The fourth-order valence-corrected chi connectivity index (χ4v) is 2.95. The van der Waals surface area contributed by atoms with Gasteiger partial charge in [0.25, 0.3) is 0 Å². The first kappa shape index (κ1) is 16.2. The lowest BCUT2D eigenvalue weighted by atomic mass is 10.2. The van der Waals surface area contributed by atoms with E-state index in [9.17, 15) is 0 Å². The van der Waals surface area contributed by atoms with E-state index in [2.05, 4.69) is 20.3 Å². The van der Waals surface area contributed by atoms with Crippen LogP contribution in [0.1, 0.15) is 5.89 Å². The minimum atomic E-state index is 0.402. The summed E-state index contributed by atoms with van der Waals surface area (Å²) in [4.78, 5) is 4.28. The first-order valence-corrected chi connectivity index (χ1v) is 8.57. The van der Waals surface area contributed by atoms with Crippen molar-refractivity contribution in [1.29, 1.82) is 0 Å². The zero-order valence-electron chi connectivity index (χ0n) is 13.7. The van der Waals surface area contributed by atoms with Gasteiger partial charge in [-0.2, -0.15) is 4.98 Å². The van der Waals surface area contributed by atoms with Gasteiger partial charge in [0.1, 0.15) is 5.75 Å².